The maximum atomic E-state index is 13.2. The van der Waals surface area contributed by atoms with Crippen LogP contribution in [0.1, 0.15) is 40.7 Å². The van der Waals surface area contributed by atoms with Gasteiger partial charge in [0.25, 0.3) is 5.56 Å². The standard InChI is InChI=1S/C22H25N3O2S/c1-12-5-8-17-18(9-12)28-21-20(17)22(27)25(15(4)23-21)11-19(26)24-16-7-6-13(2)14(3)10-16/h6-7,10,12H,5,8-9,11H2,1-4H3,(H,24,26). The summed E-state index contributed by atoms with van der Waals surface area (Å²) in [5.41, 5.74) is 4.10. The minimum absolute atomic E-state index is 0.0262. The number of hydrogen-bond donors (Lipinski definition) is 1. The maximum absolute atomic E-state index is 13.2. The Labute approximate surface area is 168 Å². The van der Waals surface area contributed by atoms with E-state index in [9.17, 15) is 9.59 Å². The van der Waals surface area contributed by atoms with Gasteiger partial charge in [-0.2, -0.15) is 0 Å². The number of amides is 1. The fourth-order valence-corrected chi connectivity index (χ4v) is 5.29. The molecule has 1 aliphatic rings. The van der Waals surface area contributed by atoms with Crippen LogP contribution in [0.4, 0.5) is 5.69 Å². The average molecular weight is 396 g/mol. The van der Waals surface area contributed by atoms with Crippen molar-refractivity contribution in [2.45, 2.75) is 53.5 Å². The first-order chi connectivity index (χ1) is 13.3. The molecule has 3 aromatic rings. The minimum Gasteiger partial charge on any atom is -0.325 e. The summed E-state index contributed by atoms with van der Waals surface area (Å²) in [5.74, 6) is 1.01. The number of carbonyl (C=O) groups is 1. The molecule has 1 aliphatic carbocycles. The first-order valence-electron chi connectivity index (χ1n) is 9.72. The quantitative estimate of drug-likeness (QED) is 0.725. The molecule has 1 atom stereocenters. The number of benzene rings is 1. The summed E-state index contributed by atoms with van der Waals surface area (Å²) < 4.78 is 1.50. The van der Waals surface area contributed by atoms with Gasteiger partial charge in [0.1, 0.15) is 17.2 Å². The van der Waals surface area contributed by atoms with E-state index in [4.69, 9.17) is 0 Å². The van der Waals surface area contributed by atoms with E-state index in [0.717, 1.165) is 46.3 Å². The highest BCUT2D eigenvalue weighted by atomic mass is 32.1. The molecule has 146 valence electrons. The van der Waals surface area contributed by atoms with Crippen LogP contribution in [0.15, 0.2) is 23.0 Å². The van der Waals surface area contributed by atoms with Gasteiger partial charge in [-0.3, -0.25) is 14.2 Å². The van der Waals surface area contributed by atoms with E-state index in [0.29, 0.717) is 11.7 Å². The first kappa shape index (κ1) is 18.9. The lowest BCUT2D eigenvalue weighted by molar-refractivity contribution is -0.116. The molecule has 0 saturated carbocycles. The van der Waals surface area contributed by atoms with Crippen LogP contribution < -0.4 is 10.9 Å². The van der Waals surface area contributed by atoms with Gasteiger partial charge in [-0.15, -0.1) is 11.3 Å². The lowest BCUT2D eigenvalue weighted by Crippen LogP contribution is -2.30. The Hall–Kier alpha value is -2.47. The molecule has 4 rings (SSSR count). The predicted octanol–water partition coefficient (Wildman–Crippen LogP) is 4.15. The molecule has 6 heteroatoms. The van der Waals surface area contributed by atoms with E-state index in [1.807, 2.05) is 32.0 Å². The Morgan fingerprint density at radius 3 is 2.82 bits per heavy atom. The van der Waals surface area contributed by atoms with Crippen LogP contribution in [0.2, 0.25) is 0 Å². The smallest absolute Gasteiger partial charge is 0.263 e. The van der Waals surface area contributed by atoms with Crippen molar-refractivity contribution < 1.29 is 4.79 Å². The second-order valence-corrected chi connectivity index (χ2v) is 9.01. The summed E-state index contributed by atoms with van der Waals surface area (Å²) in [6.45, 7) is 8.07. The van der Waals surface area contributed by atoms with Gasteiger partial charge in [0, 0.05) is 10.6 Å². The van der Waals surface area contributed by atoms with Crippen molar-refractivity contribution in [2.75, 3.05) is 5.32 Å². The number of hydrogen-bond acceptors (Lipinski definition) is 4. The van der Waals surface area contributed by atoms with E-state index in [1.54, 1.807) is 18.3 Å². The fourth-order valence-electron chi connectivity index (χ4n) is 3.87. The molecule has 2 heterocycles. The van der Waals surface area contributed by atoms with Crippen LogP contribution in [0.25, 0.3) is 10.2 Å². The zero-order valence-electron chi connectivity index (χ0n) is 16.8. The van der Waals surface area contributed by atoms with Crippen LogP contribution in [-0.2, 0) is 24.2 Å². The molecular formula is C22H25N3O2S. The largest absolute Gasteiger partial charge is 0.325 e. The van der Waals surface area contributed by atoms with E-state index in [-0.39, 0.29) is 18.0 Å². The van der Waals surface area contributed by atoms with Gasteiger partial charge < -0.3 is 5.32 Å². The van der Waals surface area contributed by atoms with Gasteiger partial charge in [-0.05, 0) is 74.8 Å². The van der Waals surface area contributed by atoms with E-state index in [2.05, 4.69) is 17.2 Å². The van der Waals surface area contributed by atoms with E-state index < -0.39 is 0 Å². The van der Waals surface area contributed by atoms with Gasteiger partial charge in [0.2, 0.25) is 5.91 Å². The summed E-state index contributed by atoms with van der Waals surface area (Å²) in [5, 5.41) is 3.62. The molecule has 1 N–H and O–H groups in total. The normalized spacial score (nSPS) is 16.2. The molecule has 2 aromatic heterocycles. The molecule has 0 radical (unpaired) electrons. The van der Waals surface area contributed by atoms with Gasteiger partial charge in [-0.25, -0.2) is 4.98 Å². The third-order valence-corrected chi connectivity index (χ3v) is 6.85. The lowest BCUT2D eigenvalue weighted by Gasteiger charge is -2.17. The summed E-state index contributed by atoms with van der Waals surface area (Å²) >= 11 is 1.64. The van der Waals surface area contributed by atoms with Gasteiger partial charge in [0.15, 0.2) is 0 Å². The number of aryl methyl sites for hydroxylation is 4. The number of fused-ring (bicyclic) bond motifs is 3. The van der Waals surface area contributed by atoms with Crippen LogP contribution in [0.5, 0.6) is 0 Å². The Morgan fingerprint density at radius 2 is 2.07 bits per heavy atom. The van der Waals surface area contributed by atoms with Gasteiger partial charge in [-0.1, -0.05) is 13.0 Å². The first-order valence-corrected chi connectivity index (χ1v) is 10.5. The number of nitrogens with one attached hydrogen (secondary N) is 1. The second kappa shape index (κ2) is 7.17. The van der Waals surface area contributed by atoms with Gasteiger partial charge in [0.05, 0.1) is 5.39 Å². The van der Waals surface area contributed by atoms with E-state index >= 15 is 0 Å². The second-order valence-electron chi connectivity index (χ2n) is 7.93. The van der Waals surface area contributed by atoms with Gasteiger partial charge >= 0.3 is 0 Å². The van der Waals surface area contributed by atoms with Crippen molar-refractivity contribution in [1.29, 1.82) is 0 Å². The monoisotopic (exact) mass is 395 g/mol. The molecule has 0 spiro atoms. The molecule has 0 aliphatic heterocycles. The Bertz CT molecular complexity index is 1140. The van der Waals surface area contributed by atoms with Crippen LogP contribution in [-0.4, -0.2) is 15.5 Å². The number of rotatable bonds is 3. The van der Waals surface area contributed by atoms with Crippen molar-refractivity contribution in [2.24, 2.45) is 5.92 Å². The zero-order valence-corrected chi connectivity index (χ0v) is 17.6. The Morgan fingerprint density at radius 1 is 1.29 bits per heavy atom. The predicted molar refractivity (Wildman–Crippen MR) is 114 cm³/mol. The molecule has 5 nitrogen and oxygen atoms in total. The SMILES string of the molecule is Cc1ccc(NC(=O)Cn2c(C)nc3sc4c(c3c2=O)CCC(C)C4)cc1C. The highest BCUT2D eigenvalue weighted by Crippen LogP contribution is 2.35. The number of nitrogens with zero attached hydrogens (tertiary/aromatic N) is 2. The number of anilines is 1. The summed E-state index contributed by atoms with van der Waals surface area (Å²) in [7, 11) is 0. The topological polar surface area (TPSA) is 64.0 Å². The fraction of sp³-hybridized carbons (Fsp3) is 0.409. The lowest BCUT2D eigenvalue weighted by atomic mass is 9.89. The number of thiophene rings is 1. The summed E-state index contributed by atoms with van der Waals surface area (Å²) in [6, 6.07) is 5.81. The molecule has 1 unspecified atom stereocenters. The molecule has 28 heavy (non-hydrogen) atoms. The Balaban J connectivity index is 1.65. The zero-order chi connectivity index (χ0) is 20.0. The number of aromatic nitrogens is 2. The molecule has 1 amide bonds. The number of carbonyl (C=O) groups excluding carboxylic acids is 1. The average Bonchev–Trinajstić information content (AvgIpc) is 2.98. The Kier molecular flexibility index (Phi) is 4.83. The summed E-state index contributed by atoms with van der Waals surface area (Å²) in [6.07, 6.45) is 3.03. The van der Waals surface area contributed by atoms with Crippen molar-refractivity contribution in [3.63, 3.8) is 0 Å². The summed E-state index contributed by atoms with van der Waals surface area (Å²) in [4.78, 5) is 32.5. The van der Waals surface area contributed by atoms with E-state index in [1.165, 1.54) is 15.0 Å². The highest BCUT2D eigenvalue weighted by molar-refractivity contribution is 7.18. The minimum atomic E-state index is -0.215. The van der Waals surface area contributed by atoms with Crippen LogP contribution in [0, 0.1) is 26.7 Å². The van der Waals surface area contributed by atoms with Crippen molar-refractivity contribution in [3.05, 3.63) is 55.9 Å². The molecule has 1 aromatic carbocycles. The third kappa shape index (κ3) is 3.37. The van der Waals surface area contributed by atoms with Crippen LogP contribution >= 0.6 is 11.3 Å². The van der Waals surface area contributed by atoms with Crippen molar-refractivity contribution in [3.8, 4) is 0 Å². The molecule has 0 fully saturated rings. The molecule has 0 bridgehead atoms. The third-order valence-electron chi connectivity index (χ3n) is 5.70. The highest BCUT2D eigenvalue weighted by Gasteiger charge is 2.24. The van der Waals surface area contributed by atoms with Crippen molar-refractivity contribution in [1.82, 2.24) is 9.55 Å². The van der Waals surface area contributed by atoms with Crippen molar-refractivity contribution >= 4 is 33.1 Å². The maximum Gasteiger partial charge on any atom is 0.263 e. The molecule has 0 saturated heterocycles. The molecular weight excluding hydrogens is 370 g/mol. The van der Waals surface area contributed by atoms with Crippen LogP contribution in [0.3, 0.4) is 0 Å².